The molecule has 0 spiro atoms. The number of carbonyl (C=O) groups is 1. The molecule has 5 rings (SSSR count). The van der Waals surface area contributed by atoms with Gasteiger partial charge in [0.1, 0.15) is 33.8 Å². The van der Waals surface area contributed by atoms with Gasteiger partial charge in [-0.25, -0.2) is 22.4 Å². The highest BCUT2D eigenvalue weighted by molar-refractivity contribution is 7.91. The van der Waals surface area contributed by atoms with Crippen LogP contribution < -0.4 is 13.4 Å². The molecule has 282 valence electrons. The van der Waals surface area contributed by atoms with E-state index in [1.165, 1.54) is 61.7 Å². The molecule has 12 nitrogen and oxygen atoms in total. The van der Waals surface area contributed by atoms with Crippen molar-refractivity contribution in [3.8, 4) is 11.5 Å². The number of sulfone groups is 1. The lowest BCUT2D eigenvalue weighted by Crippen LogP contribution is -2.45. The fraction of sp³-hybridized carbons (Fsp3) is 0.286. The molecule has 0 aliphatic rings. The maximum atomic E-state index is 14.1. The Kier molecular flexibility index (Phi) is 11.9. The number of H-pyrrole nitrogens is 1. The number of aryl methyl sites for hydroxylation is 1. The molecule has 53 heavy (non-hydrogen) atoms. The maximum absolute atomic E-state index is 14.1. The van der Waals surface area contributed by atoms with Crippen molar-refractivity contribution in [2.45, 2.75) is 60.2 Å². The molecule has 18 heteroatoms. The van der Waals surface area contributed by atoms with Gasteiger partial charge in [-0.3, -0.25) is 4.98 Å². The first-order chi connectivity index (χ1) is 25.0. The largest absolute Gasteiger partial charge is 0.484 e. The predicted octanol–water partition coefficient (Wildman–Crippen LogP) is 5.13. The SMILES string of the molecule is CCC(Oc1ccc(S(=O)(=O)[n+]2c(S(=O)Cc3nccc(OCC(F)(F)F)c3C)[nH]c3ccccc32)cc1)C(=O)OCCS(=O)(=O)c1ccc(C)cc1. The number of imidazole rings is 1. The number of halogens is 3. The number of nitrogens with zero attached hydrogens (tertiary/aromatic N) is 2. The molecule has 0 radical (unpaired) electrons. The van der Waals surface area contributed by atoms with E-state index in [4.69, 9.17) is 14.2 Å². The lowest BCUT2D eigenvalue weighted by atomic mass is 10.2. The lowest BCUT2D eigenvalue weighted by Gasteiger charge is -2.17. The molecule has 0 aliphatic carbocycles. The zero-order valence-electron chi connectivity index (χ0n) is 28.6. The summed E-state index contributed by atoms with van der Waals surface area (Å²) in [4.78, 5) is 19.7. The minimum atomic E-state index is -4.58. The average molecular weight is 795 g/mol. The standard InChI is InChI=1S/C35H34F3N3O9S3/c1-4-31(33(42)48-19-20-52(44,45)26-13-9-23(2)10-14-26)50-25-11-15-27(16-12-25)53(46,47)41-30-8-6-5-7-28(30)40-34(41)51(43)21-29-24(3)32(17-18-39-29)49-22-35(36,37)38/h5-18,31H,4,19-22H2,1-3H3/p+1. The van der Waals surface area contributed by atoms with E-state index in [-0.39, 0.29) is 55.4 Å². The Balaban J connectivity index is 1.32. The number of benzene rings is 3. The van der Waals surface area contributed by atoms with Crippen LogP contribution in [0.4, 0.5) is 13.2 Å². The molecule has 0 fully saturated rings. The normalized spacial score (nSPS) is 13.4. The summed E-state index contributed by atoms with van der Waals surface area (Å²) in [6, 6.07) is 19.0. The van der Waals surface area contributed by atoms with Crippen LogP contribution in [0, 0.1) is 13.8 Å². The summed E-state index contributed by atoms with van der Waals surface area (Å²) in [6.45, 7) is 3.02. The third kappa shape index (κ3) is 9.41. The number of rotatable bonds is 15. The van der Waals surface area contributed by atoms with Crippen molar-refractivity contribution < 1.29 is 57.2 Å². The second-order valence-electron chi connectivity index (χ2n) is 11.8. The predicted molar refractivity (Wildman–Crippen MR) is 187 cm³/mol. The fourth-order valence-corrected chi connectivity index (χ4v) is 9.29. The molecular weight excluding hydrogens is 760 g/mol. The summed E-state index contributed by atoms with van der Waals surface area (Å²) < 4.78 is 122. The van der Waals surface area contributed by atoms with Crippen LogP contribution in [-0.2, 0) is 45.9 Å². The van der Waals surface area contributed by atoms with Gasteiger partial charge in [-0.2, -0.15) is 21.6 Å². The highest BCUT2D eigenvalue weighted by Crippen LogP contribution is 2.26. The zero-order chi connectivity index (χ0) is 38.6. The minimum absolute atomic E-state index is 0.103. The molecule has 0 bridgehead atoms. The molecule has 3 aromatic carbocycles. The van der Waals surface area contributed by atoms with Crippen LogP contribution in [0.1, 0.15) is 30.2 Å². The number of para-hydroxylation sites is 2. The number of fused-ring (bicyclic) bond motifs is 1. The number of aromatic amines is 1. The summed E-state index contributed by atoms with van der Waals surface area (Å²) in [7, 11) is -10.2. The molecular formula is C35H35F3N3O9S3+. The summed E-state index contributed by atoms with van der Waals surface area (Å²) in [5, 5.41) is -0.215. The topological polar surface area (TPSA) is 163 Å². The Bertz CT molecular complexity index is 2350. The van der Waals surface area contributed by atoms with E-state index >= 15 is 0 Å². The van der Waals surface area contributed by atoms with E-state index in [1.54, 1.807) is 37.3 Å². The highest BCUT2D eigenvalue weighted by Gasteiger charge is 2.35. The average Bonchev–Trinajstić information content (AvgIpc) is 3.52. The Morgan fingerprint density at radius 2 is 1.60 bits per heavy atom. The first-order valence-electron chi connectivity index (χ1n) is 16.0. The number of alkyl halides is 3. The van der Waals surface area contributed by atoms with Crippen molar-refractivity contribution in [1.82, 2.24) is 9.97 Å². The smallest absolute Gasteiger partial charge is 0.422 e. The Morgan fingerprint density at radius 1 is 0.943 bits per heavy atom. The molecule has 0 saturated carbocycles. The third-order valence-electron chi connectivity index (χ3n) is 7.93. The quantitative estimate of drug-likeness (QED) is 0.111. The number of pyridine rings is 1. The summed E-state index contributed by atoms with van der Waals surface area (Å²) >= 11 is 0. The number of esters is 1. The number of ether oxygens (including phenoxy) is 3. The molecule has 1 N–H and O–H groups in total. The lowest BCUT2D eigenvalue weighted by molar-refractivity contribution is -0.527. The molecule has 0 saturated heterocycles. The van der Waals surface area contributed by atoms with Gasteiger partial charge in [0.25, 0.3) is 0 Å². The number of nitrogens with one attached hydrogen (secondary N) is 1. The molecule has 0 aliphatic heterocycles. The van der Waals surface area contributed by atoms with Crippen LogP contribution in [0.2, 0.25) is 0 Å². The second kappa shape index (κ2) is 16.1. The monoisotopic (exact) mass is 794 g/mol. The van der Waals surface area contributed by atoms with Crippen LogP contribution in [0.25, 0.3) is 11.0 Å². The fourth-order valence-electron chi connectivity index (χ4n) is 5.10. The zero-order valence-corrected chi connectivity index (χ0v) is 31.1. The summed E-state index contributed by atoms with van der Waals surface area (Å²) in [5.74, 6) is -1.55. The van der Waals surface area contributed by atoms with E-state index in [2.05, 4.69) is 9.97 Å². The summed E-state index contributed by atoms with van der Waals surface area (Å²) in [5.41, 5.74) is 1.79. The first kappa shape index (κ1) is 39.4. The van der Waals surface area contributed by atoms with Gasteiger partial charge in [0.2, 0.25) is 0 Å². The van der Waals surface area contributed by atoms with E-state index in [0.717, 1.165) is 9.54 Å². The van der Waals surface area contributed by atoms with Crippen molar-refractivity contribution in [2.24, 2.45) is 0 Å². The highest BCUT2D eigenvalue weighted by atomic mass is 32.2. The maximum Gasteiger partial charge on any atom is 0.422 e. The van der Waals surface area contributed by atoms with Gasteiger partial charge in [-0.15, -0.1) is 3.97 Å². The number of hydrogen-bond donors (Lipinski definition) is 1. The van der Waals surface area contributed by atoms with E-state index < -0.39 is 67.9 Å². The van der Waals surface area contributed by atoms with Crippen LogP contribution in [-0.4, -0.2) is 68.2 Å². The van der Waals surface area contributed by atoms with Crippen molar-refractivity contribution in [3.05, 3.63) is 102 Å². The van der Waals surface area contributed by atoms with Gasteiger partial charge < -0.3 is 14.2 Å². The second-order valence-corrected chi connectivity index (χ2v) is 17.0. The van der Waals surface area contributed by atoms with Gasteiger partial charge in [-0.1, -0.05) is 36.8 Å². The van der Waals surface area contributed by atoms with Gasteiger partial charge >= 0.3 is 27.3 Å². The molecule has 2 aromatic heterocycles. The van der Waals surface area contributed by atoms with Crippen LogP contribution in [0.5, 0.6) is 11.5 Å². The molecule has 5 aromatic rings. The minimum Gasteiger partial charge on any atom is -0.484 e. The molecule has 2 atom stereocenters. The number of hydrogen-bond acceptors (Lipinski definition) is 10. The Labute approximate surface area is 306 Å². The van der Waals surface area contributed by atoms with Gasteiger partial charge in [0, 0.05) is 11.8 Å². The van der Waals surface area contributed by atoms with Crippen LogP contribution in [0.3, 0.4) is 0 Å². The van der Waals surface area contributed by atoms with Gasteiger partial charge in [-0.05, 0) is 74.9 Å². The number of aromatic nitrogens is 3. The first-order valence-corrected chi connectivity index (χ1v) is 20.4. The van der Waals surface area contributed by atoms with Crippen molar-refractivity contribution in [2.75, 3.05) is 19.0 Å². The van der Waals surface area contributed by atoms with E-state index in [9.17, 15) is 39.0 Å². The van der Waals surface area contributed by atoms with Crippen molar-refractivity contribution >= 4 is 47.7 Å². The van der Waals surface area contributed by atoms with Crippen LogP contribution >= 0.6 is 0 Å². The van der Waals surface area contributed by atoms with Crippen molar-refractivity contribution in [3.63, 3.8) is 0 Å². The Hall–Kier alpha value is -4.81. The van der Waals surface area contributed by atoms with Crippen molar-refractivity contribution in [1.29, 1.82) is 0 Å². The van der Waals surface area contributed by atoms with E-state index in [1.807, 2.05) is 6.92 Å². The van der Waals surface area contributed by atoms with Crippen LogP contribution in [0.15, 0.2) is 100 Å². The molecule has 0 amide bonds. The summed E-state index contributed by atoms with van der Waals surface area (Å²) in [6.07, 6.45) is -4.32. The van der Waals surface area contributed by atoms with Gasteiger partial charge in [0.05, 0.1) is 22.1 Å². The van der Waals surface area contributed by atoms with E-state index in [0.29, 0.717) is 5.52 Å². The third-order valence-corrected chi connectivity index (χ3v) is 12.7. The van der Waals surface area contributed by atoms with Gasteiger partial charge in [0.15, 0.2) is 33.6 Å². The number of carbonyl (C=O) groups excluding carboxylic acids is 1. The Morgan fingerprint density at radius 3 is 2.26 bits per heavy atom. The molecule has 2 heterocycles. The molecule has 2 unspecified atom stereocenters.